The van der Waals surface area contributed by atoms with Gasteiger partial charge in [-0.25, -0.2) is 4.79 Å². The van der Waals surface area contributed by atoms with E-state index < -0.39 is 18.0 Å². The summed E-state index contributed by atoms with van der Waals surface area (Å²) in [5.41, 5.74) is 0. The molecule has 0 bridgehead atoms. The number of rotatable bonds is 9. The number of carboxylic acid groups (broad SMARTS) is 2. The first kappa shape index (κ1) is 14.4. The third-order valence-corrected chi connectivity index (χ3v) is 2.64. The second kappa shape index (κ2) is 6.95. The Balaban J connectivity index is 2.22. The minimum Gasteiger partial charge on any atom is -0.481 e. The molecule has 0 saturated heterocycles. The summed E-state index contributed by atoms with van der Waals surface area (Å²) >= 11 is 0. The number of carbonyl (C=O) groups excluding carboxylic acids is 1. The normalized spacial score (nSPS) is 16.0. The van der Waals surface area contributed by atoms with Crippen LogP contribution in [0.4, 0.5) is 0 Å². The Bertz CT molecular complexity index is 327. The van der Waals surface area contributed by atoms with E-state index in [1.165, 1.54) is 0 Å². The van der Waals surface area contributed by atoms with Gasteiger partial charge in [-0.2, -0.15) is 0 Å². The summed E-state index contributed by atoms with van der Waals surface area (Å²) in [6.45, 7) is 0.516. The number of amides is 1. The second-order valence-corrected chi connectivity index (χ2v) is 4.37. The van der Waals surface area contributed by atoms with Crippen molar-refractivity contribution in [3.8, 4) is 0 Å². The lowest BCUT2D eigenvalue weighted by atomic mass is 10.1. The minimum atomic E-state index is -1.21. The summed E-state index contributed by atoms with van der Waals surface area (Å²) < 4.78 is 0. The summed E-state index contributed by atoms with van der Waals surface area (Å²) in [6, 6.07) is -0.630. The predicted octanol–water partition coefficient (Wildman–Crippen LogP) is -0.437. The highest BCUT2D eigenvalue weighted by Crippen LogP contribution is 2.18. The minimum absolute atomic E-state index is 0.105. The van der Waals surface area contributed by atoms with E-state index in [-0.39, 0.29) is 25.2 Å². The van der Waals surface area contributed by atoms with Gasteiger partial charge in [-0.15, -0.1) is 0 Å². The molecule has 102 valence electrons. The maximum atomic E-state index is 11.4. The van der Waals surface area contributed by atoms with Gasteiger partial charge in [-0.3, -0.25) is 9.59 Å². The highest BCUT2D eigenvalue weighted by Gasteiger charge is 2.22. The van der Waals surface area contributed by atoms with Gasteiger partial charge >= 0.3 is 11.9 Å². The van der Waals surface area contributed by atoms with Crippen LogP contribution >= 0.6 is 0 Å². The first-order chi connectivity index (χ1) is 8.49. The van der Waals surface area contributed by atoms with Crippen molar-refractivity contribution in [1.29, 1.82) is 0 Å². The maximum Gasteiger partial charge on any atom is 0.326 e. The van der Waals surface area contributed by atoms with E-state index in [1.54, 1.807) is 0 Å². The standard InChI is InChI=1S/C11H18N2O5/c14-9(5-6-12-7-1-2-7)13-8(11(17)18)3-4-10(15)16/h7-8,12H,1-6H2,(H,13,14)(H,15,16)(H,17,18)/t8-/m0/s1. The van der Waals surface area contributed by atoms with Gasteiger partial charge in [0, 0.05) is 25.4 Å². The van der Waals surface area contributed by atoms with E-state index in [0.717, 1.165) is 12.8 Å². The lowest BCUT2D eigenvalue weighted by Gasteiger charge is -2.13. The van der Waals surface area contributed by atoms with Gasteiger partial charge in [0.1, 0.15) is 6.04 Å². The molecule has 1 fully saturated rings. The van der Waals surface area contributed by atoms with Gasteiger partial charge in [0.25, 0.3) is 0 Å². The maximum absolute atomic E-state index is 11.4. The van der Waals surface area contributed by atoms with Gasteiger partial charge in [-0.1, -0.05) is 0 Å². The van der Waals surface area contributed by atoms with Gasteiger partial charge in [-0.05, 0) is 19.3 Å². The molecular weight excluding hydrogens is 240 g/mol. The molecule has 18 heavy (non-hydrogen) atoms. The molecule has 1 aliphatic rings. The zero-order chi connectivity index (χ0) is 13.5. The fraction of sp³-hybridized carbons (Fsp3) is 0.727. The zero-order valence-electron chi connectivity index (χ0n) is 10.0. The SMILES string of the molecule is O=C(O)CC[C@H](NC(=O)CCNC1CC1)C(=O)O. The number of aliphatic carboxylic acids is 2. The van der Waals surface area contributed by atoms with Crippen LogP contribution in [0.3, 0.4) is 0 Å². The van der Waals surface area contributed by atoms with E-state index in [9.17, 15) is 14.4 Å². The number of carbonyl (C=O) groups is 3. The molecule has 0 aliphatic heterocycles. The summed E-state index contributed by atoms with van der Waals surface area (Å²) in [5, 5.41) is 22.8. The van der Waals surface area contributed by atoms with Gasteiger partial charge in [0.15, 0.2) is 0 Å². The topological polar surface area (TPSA) is 116 Å². The predicted molar refractivity (Wildman–Crippen MR) is 62.1 cm³/mol. The van der Waals surface area contributed by atoms with Crippen LogP contribution in [-0.4, -0.2) is 46.7 Å². The number of carboxylic acids is 2. The summed E-state index contributed by atoms with van der Waals surface area (Å²) in [6.07, 6.45) is 2.06. The van der Waals surface area contributed by atoms with Crippen molar-refractivity contribution in [3.63, 3.8) is 0 Å². The smallest absolute Gasteiger partial charge is 0.326 e. The molecule has 0 heterocycles. The van der Waals surface area contributed by atoms with Crippen molar-refractivity contribution in [2.45, 2.75) is 44.2 Å². The average Bonchev–Trinajstić information content (AvgIpc) is 3.07. The fourth-order valence-electron chi connectivity index (χ4n) is 1.47. The Morgan fingerprint density at radius 1 is 1.17 bits per heavy atom. The van der Waals surface area contributed by atoms with Crippen LogP contribution in [0, 0.1) is 0 Å². The number of hydrogen-bond acceptors (Lipinski definition) is 4. The lowest BCUT2D eigenvalue weighted by molar-refractivity contribution is -0.143. The van der Waals surface area contributed by atoms with Crippen LogP contribution in [0.1, 0.15) is 32.1 Å². The van der Waals surface area contributed by atoms with Gasteiger partial charge in [0.05, 0.1) is 0 Å². The van der Waals surface area contributed by atoms with E-state index in [0.29, 0.717) is 12.6 Å². The fourth-order valence-corrected chi connectivity index (χ4v) is 1.47. The molecule has 0 radical (unpaired) electrons. The van der Waals surface area contributed by atoms with Gasteiger partial charge in [0.2, 0.25) is 5.91 Å². The third kappa shape index (κ3) is 6.19. The number of nitrogens with one attached hydrogen (secondary N) is 2. The quantitative estimate of drug-likeness (QED) is 0.445. The van der Waals surface area contributed by atoms with E-state index in [2.05, 4.69) is 10.6 Å². The van der Waals surface area contributed by atoms with E-state index in [4.69, 9.17) is 10.2 Å². The molecule has 1 saturated carbocycles. The van der Waals surface area contributed by atoms with Crippen LogP contribution in [0.25, 0.3) is 0 Å². The Morgan fingerprint density at radius 2 is 1.83 bits per heavy atom. The van der Waals surface area contributed by atoms with Crippen LogP contribution in [0.15, 0.2) is 0 Å². The van der Waals surface area contributed by atoms with Crippen molar-refractivity contribution in [2.75, 3.05) is 6.54 Å². The summed E-state index contributed by atoms with van der Waals surface area (Å²) in [5.74, 6) is -2.66. The zero-order valence-corrected chi connectivity index (χ0v) is 10.0. The van der Waals surface area contributed by atoms with Crippen LogP contribution < -0.4 is 10.6 Å². The summed E-state index contributed by atoms with van der Waals surface area (Å²) in [7, 11) is 0. The third-order valence-electron chi connectivity index (χ3n) is 2.64. The molecule has 1 aliphatic carbocycles. The molecule has 1 amide bonds. The molecule has 4 N–H and O–H groups in total. The van der Waals surface area contributed by atoms with Crippen molar-refractivity contribution >= 4 is 17.8 Å². The average molecular weight is 258 g/mol. The van der Waals surface area contributed by atoms with E-state index in [1.807, 2.05) is 0 Å². The molecule has 0 aromatic carbocycles. The molecule has 1 atom stereocenters. The monoisotopic (exact) mass is 258 g/mol. The largest absolute Gasteiger partial charge is 0.481 e. The van der Waals surface area contributed by atoms with Crippen molar-refractivity contribution in [1.82, 2.24) is 10.6 Å². The summed E-state index contributed by atoms with van der Waals surface area (Å²) in [4.78, 5) is 32.6. The van der Waals surface area contributed by atoms with Crippen molar-refractivity contribution in [2.24, 2.45) is 0 Å². The Hall–Kier alpha value is -1.63. The Kier molecular flexibility index (Phi) is 5.57. The molecule has 0 unspecified atom stereocenters. The van der Waals surface area contributed by atoms with E-state index >= 15 is 0 Å². The second-order valence-electron chi connectivity index (χ2n) is 4.37. The Morgan fingerprint density at radius 3 is 2.33 bits per heavy atom. The molecule has 0 aromatic rings. The van der Waals surface area contributed by atoms with Gasteiger partial charge < -0.3 is 20.8 Å². The highest BCUT2D eigenvalue weighted by atomic mass is 16.4. The van der Waals surface area contributed by atoms with Crippen LogP contribution in [0.5, 0.6) is 0 Å². The molecule has 0 aromatic heterocycles. The lowest BCUT2D eigenvalue weighted by Crippen LogP contribution is -2.42. The first-order valence-electron chi connectivity index (χ1n) is 5.96. The molecule has 1 rings (SSSR count). The molecular formula is C11H18N2O5. The first-order valence-corrected chi connectivity index (χ1v) is 5.96. The molecule has 7 nitrogen and oxygen atoms in total. The number of hydrogen-bond donors (Lipinski definition) is 4. The van der Waals surface area contributed by atoms with Crippen molar-refractivity contribution in [3.05, 3.63) is 0 Å². The van der Waals surface area contributed by atoms with Crippen LogP contribution in [0.2, 0.25) is 0 Å². The molecule has 7 heteroatoms. The Labute approximate surface area is 105 Å². The van der Waals surface area contributed by atoms with Crippen molar-refractivity contribution < 1.29 is 24.6 Å². The molecule has 0 spiro atoms. The van der Waals surface area contributed by atoms with Crippen LogP contribution in [-0.2, 0) is 14.4 Å². The highest BCUT2D eigenvalue weighted by molar-refractivity contribution is 5.84.